The van der Waals surface area contributed by atoms with Crippen molar-refractivity contribution in [1.29, 1.82) is 0 Å². The monoisotopic (exact) mass is 632 g/mol. The number of nitrogens with zero attached hydrogens (tertiary/aromatic N) is 1. The van der Waals surface area contributed by atoms with Gasteiger partial charge in [0.1, 0.15) is 5.75 Å². The molecule has 0 radical (unpaired) electrons. The maximum Gasteiger partial charge on any atom is 0.335 e. The van der Waals surface area contributed by atoms with E-state index in [2.05, 4.69) is 17.0 Å². The third kappa shape index (κ3) is 6.40. The van der Waals surface area contributed by atoms with Crippen molar-refractivity contribution in [3.05, 3.63) is 58.1 Å². The average Bonchev–Trinajstić information content (AvgIpc) is 3.10. The first-order valence-electron chi connectivity index (χ1n) is 15.3. The van der Waals surface area contributed by atoms with E-state index >= 15 is 0 Å². The molecule has 2 aromatic rings. The van der Waals surface area contributed by atoms with Crippen LogP contribution in [0, 0.1) is 11.8 Å². The number of primary sulfonamides is 1. The molecular formula is C32H41ClN2O7S. The molecule has 9 nitrogen and oxygen atoms in total. The van der Waals surface area contributed by atoms with Gasteiger partial charge in [-0.15, -0.1) is 0 Å². The number of hydrogen-bond donors (Lipinski definition) is 2. The summed E-state index contributed by atoms with van der Waals surface area (Å²) in [6.45, 7) is 4.24. The lowest BCUT2D eigenvalue weighted by Crippen LogP contribution is -2.51. The number of hydrogen-bond acceptors (Lipinski definition) is 7. The van der Waals surface area contributed by atoms with E-state index in [1.165, 1.54) is 11.1 Å². The highest BCUT2D eigenvalue weighted by Gasteiger charge is 2.45. The molecule has 1 saturated heterocycles. The predicted molar refractivity (Wildman–Crippen MR) is 165 cm³/mol. The van der Waals surface area contributed by atoms with E-state index in [4.69, 9.17) is 31.0 Å². The van der Waals surface area contributed by atoms with Crippen LogP contribution in [0.2, 0.25) is 5.02 Å². The van der Waals surface area contributed by atoms with Gasteiger partial charge in [0, 0.05) is 36.6 Å². The molecule has 1 unspecified atom stereocenters. The van der Waals surface area contributed by atoms with Gasteiger partial charge in [-0.25, -0.2) is 18.4 Å². The number of carboxylic acid groups (broad SMARTS) is 1. The number of rotatable bonds is 8. The van der Waals surface area contributed by atoms with Gasteiger partial charge in [0.2, 0.25) is 10.0 Å². The van der Waals surface area contributed by atoms with E-state index < -0.39 is 21.2 Å². The van der Waals surface area contributed by atoms with Crippen LogP contribution in [-0.2, 0) is 31.3 Å². The van der Waals surface area contributed by atoms with E-state index in [1.807, 2.05) is 6.07 Å². The van der Waals surface area contributed by atoms with Crippen LogP contribution in [0.3, 0.4) is 0 Å². The van der Waals surface area contributed by atoms with E-state index in [0.29, 0.717) is 30.8 Å². The summed E-state index contributed by atoms with van der Waals surface area (Å²) < 4.78 is 42.0. The molecule has 2 fully saturated rings. The van der Waals surface area contributed by atoms with Gasteiger partial charge in [0.05, 0.1) is 41.9 Å². The Kier molecular flexibility index (Phi) is 8.69. The van der Waals surface area contributed by atoms with Crippen LogP contribution in [0.4, 0.5) is 5.69 Å². The van der Waals surface area contributed by atoms with Gasteiger partial charge in [-0.2, -0.15) is 0 Å². The zero-order valence-corrected chi connectivity index (χ0v) is 26.1. The van der Waals surface area contributed by atoms with Gasteiger partial charge in [-0.3, -0.25) is 0 Å². The number of aryl methyl sites for hydroxylation is 1. The second-order valence-corrected chi connectivity index (χ2v) is 15.3. The first-order chi connectivity index (χ1) is 20.5. The second kappa shape index (κ2) is 12.2. The Morgan fingerprint density at radius 3 is 2.81 bits per heavy atom. The lowest BCUT2D eigenvalue weighted by atomic mass is 9.67. The molecule has 1 saturated carbocycles. The molecule has 3 N–H and O–H groups in total. The van der Waals surface area contributed by atoms with E-state index in [0.717, 1.165) is 68.7 Å². The van der Waals surface area contributed by atoms with Gasteiger partial charge in [0.25, 0.3) is 0 Å². The highest BCUT2D eigenvalue weighted by molar-refractivity contribution is 7.89. The zero-order valence-electron chi connectivity index (χ0n) is 24.5. The summed E-state index contributed by atoms with van der Waals surface area (Å²) in [5.41, 5.74) is 3.37. The number of anilines is 1. The van der Waals surface area contributed by atoms with Gasteiger partial charge in [-0.1, -0.05) is 17.7 Å². The zero-order chi connectivity index (χ0) is 30.4. The van der Waals surface area contributed by atoms with E-state index in [-0.39, 0.29) is 29.8 Å². The van der Waals surface area contributed by atoms with Crippen molar-refractivity contribution in [3.63, 3.8) is 0 Å². The fourth-order valence-corrected chi connectivity index (χ4v) is 7.92. The molecule has 2 aliphatic heterocycles. The van der Waals surface area contributed by atoms with Crippen LogP contribution in [0.25, 0.3) is 0 Å². The standard InChI is InChI=1S/C32H41ClN2O7S/c1-20(43(34,38)39)17-41-25-10-12-40-30(15-25)26-7-4-23(26)16-35-18-32(11-2-3-21-13-24(33)6-8-27(21)32)19-42-29-9-5-22(31(36)37)14-28(29)35/h5-6,8-9,13-14,20,23,25-26,30H,2-4,7,10-12,15-19H2,1H3,(H,36,37)(H2,34,38,39)/t20-,23+,25-,26-,30+,32?/m1/s1. The number of carbonyl (C=O) groups is 1. The number of benzene rings is 2. The molecule has 0 bridgehead atoms. The van der Waals surface area contributed by atoms with Crippen molar-refractivity contribution < 1.29 is 32.5 Å². The molecule has 0 aromatic heterocycles. The number of sulfonamides is 1. The van der Waals surface area contributed by atoms with Crippen LogP contribution in [0.1, 0.15) is 66.9 Å². The van der Waals surface area contributed by atoms with Gasteiger partial charge in [0.15, 0.2) is 0 Å². The number of ether oxygens (including phenoxy) is 3. The van der Waals surface area contributed by atoms with Crippen molar-refractivity contribution in [3.8, 4) is 5.75 Å². The van der Waals surface area contributed by atoms with Crippen molar-refractivity contribution in [1.82, 2.24) is 0 Å². The fraction of sp³-hybridized carbons (Fsp3) is 0.594. The molecule has 6 rings (SSSR count). The van der Waals surface area contributed by atoms with E-state index in [1.54, 1.807) is 25.1 Å². The third-order valence-corrected chi connectivity index (χ3v) is 11.6. The lowest BCUT2D eigenvalue weighted by molar-refractivity contribution is -0.116. The summed E-state index contributed by atoms with van der Waals surface area (Å²) in [6.07, 6.45) is 6.52. The summed E-state index contributed by atoms with van der Waals surface area (Å²) in [5, 5.41) is 15.1. The lowest BCUT2D eigenvalue weighted by Gasteiger charge is -2.47. The Bertz CT molecular complexity index is 1470. The van der Waals surface area contributed by atoms with Gasteiger partial charge < -0.3 is 24.2 Å². The Labute approximate surface area is 258 Å². The van der Waals surface area contributed by atoms with Crippen LogP contribution in [-0.4, -0.2) is 69.9 Å². The summed E-state index contributed by atoms with van der Waals surface area (Å²) >= 11 is 6.38. The summed E-state index contributed by atoms with van der Waals surface area (Å²) in [6, 6.07) is 11.4. The van der Waals surface area contributed by atoms with Crippen LogP contribution >= 0.6 is 11.6 Å². The summed E-state index contributed by atoms with van der Waals surface area (Å²) in [4.78, 5) is 14.3. The minimum Gasteiger partial charge on any atom is -0.490 e. The first kappa shape index (κ1) is 30.6. The van der Waals surface area contributed by atoms with Crippen molar-refractivity contribution >= 4 is 33.3 Å². The topological polar surface area (TPSA) is 128 Å². The molecule has 1 spiro atoms. The first-order valence-corrected chi connectivity index (χ1v) is 17.3. The van der Waals surface area contributed by atoms with Gasteiger partial charge >= 0.3 is 5.97 Å². The summed E-state index contributed by atoms with van der Waals surface area (Å²) in [5.74, 6) is 0.451. The molecular weight excluding hydrogens is 592 g/mol. The smallest absolute Gasteiger partial charge is 0.335 e. The highest BCUT2D eigenvalue weighted by Crippen LogP contribution is 2.47. The molecule has 43 heavy (non-hydrogen) atoms. The molecule has 11 heteroatoms. The van der Waals surface area contributed by atoms with E-state index in [9.17, 15) is 18.3 Å². The number of nitrogens with two attached hydrogens (primary N) is 1. The molecule has 6 atom stereocenters. The van der Waals surface area contributed by atoms with Crippen molar-refractivity contribution in [2.75, 3.05) is 37.8 Å². The molecule has 4 aliphatic rings. The minimum atomic E-state index is -3.64. The quantitative estimate of drug-likeness (QED) is 0.426. The highest BCUT2D eigenvalue weighted by atomic mass is 35.5. The van der Waals surface area contributed by atoms with Crippen molar-refractivity contribution in [2.45, 2.75) is 74.7 Å². The van der Waals surface area contributed by atoms with Crippen LogP contribution in [0.15, 0.2) is 36.4 Å². The Morgan fingerprint density at radius 2 is 2.07 bits per heavy atom. The van der Waals surface area contributed by atoms with Crippen molar-refractivity contribution in [2.24, 2.45) is 17.0 Å². The maximum absolute atomic E-state index is 12.0. The summed E-state index contributed by atoms with van der Waals surface area (Å²) in [7, 11) is -3.64. The third-order valence-electron chi connectivity index (χ3n) is 10.1. The van der Waals surface area contributed by atoms with Crippen LogP contribution in [0.5, 0.6) is 5.75 Å². The largest absolute Gasteiger partial charge is 0.490 e. The maximum atomic E-state index is 12.0. The predicted octanol–water partition coefficient (Wildman–Crippen LogP) is 4.78. The normalized spacial score (nSPS) is 29.5. The number of carboxylic acids is 1. The molecule has 2 heterocycles. The Morgan fingerprint density at radius 1 is 1.23 bits per heavy atom. The second-order valence-electron chi connectivity index (χ2n) is 12.9. The number of halogens is 1. The fourth-order valence-electron chi connectivity index (χ4n) is 7.45. The average molecular weight is 633 g/mol. The van der Waals surface area contributed by atoms with Crippen LogP contribution < -0.4 is 14.8 Å². The Hall–Kier alpha value is -2.37. The molecule has 234 valence electrons. The molecule has 2 aromatic carbocycles. The minimum absolute atomic E-state index is 0.0295. The SMILES string of the molecule is C[C@H](CO[C@@H]1CCO[C@H]([C@@H]2CC[C@H]2CN2CC3(CCCc4cc(Cl)ccc43)COc3ccc(C(=O)O)cc32)C1)S(N)(=O)=O. The number of aromatic carboxylic acids is 1. The molecule has 0 amide bonds. The van der Waals surface area contributed by atoms with Gasteiger partial charge in [-0.05, 0) is 98.7 Å². The molecule has 2 aliphatic carbocycles. The Balaban J connectivity index is 1.23. The number of fused-ring (bicyclic) bond motifs is 3.